The first-order valence-corrected chi connectivity index (χ1v) is 8.41. The maximum absolute atomic E-state index is 13.7. The van der Waals surface area contributed by atoms with Crippen LogP contribution in [0.25, 0.3) is 0 Å². The van der Waals surface area contributed by atoms with Gasteiger partial charge in [0.05, 0.1) is 6.04 Å². The number of nitrogens with one attached hydrogen (secondary N) is 1. The first-order chi connectivity index (χ1) is 9.75. The Morgan fingerprint density at radius 2 is 2.05 bits per heavy atom. The largest absolute Gasteiger partial charge is 0.314 e. The van der Waals surface area contributed by atoms with E-state index in [4.69, 9.17) is 0 Å². The molecule has 0 spiro atoms. The van der Waals surface area contributed by atoms with Crippen molar-refractivity contribution in [3.05, 3.63) is 56.4 Å². The fourth-order valence-electron chi connectivity index (χ4n) is 2.68. The fourth-order valence-corrected chi connectivity index (χ4v) is 3.82. The van der Waals surface area contributed by atoms with Crippen molar-refractivity contribution >= 4 is 27.3 Å². The van der Waals surface area contributed by atoms with Crippen LogP contribution in [0, 0.1) is 5.82 Å². The van der Waals surface area contributed by atoms with E-state index in [1.165, 1.54) is 11.6 Å². The fraction of sp³-hybridized carbons (Fsp3) is 0.333. The van der Waals surface area contributed by atoms with Crippen molar-refractivity contribution in [2.45, 2.75) is 6.04 Å². The lowest BCUT2D eigenvalue weighted by atomic mass is 9.98. The lowest BCUT2D eigenvalue weighted by Crippen LogP contribution is -2.45. The van der Waals surface area contributed by atoms with Crippen molar-refractivity contribution in [1.82, 2.24) is 10.2 Å². The highest BCUT2D eigenvalue weighted by Crippen LogP contribution is 2.35. The Bertz CT molecular complexity index is 567. The minimum absolute atomic E-state index is 0.119. The van der Waals surface area contributed by atoms with Crippen molar-refractivity contribution < 1.29 is 4.39 Å². The number of thiophene rings is 1. The monoisotopic (exact) mass is 354 g/mol. The minimum Gasteiger partial charge on any atom is -0.314 e. The molecule has 1 atom stereocenters. The molecule has 0 aliphatic carbocycles. The normalized spacial score (nSPS) is 18.1. The predicted octanol–water partition coefficient (Wildman–Crippen LogP) is 3.64. The zero-order valence-corrected chi connectivity index (χ0v) is 13.4. The second kappa shape index (κ2) is 6.35. The van der Waals surface area contributed by atoms with Crippen LogP contribution in [0.4, 0.5) is 4.39 Å². The van der Waals surface area contributed by atoms with Gasteiger partial charge in [0.15, 0.2) is 0 Å². The number of rotatable bonds is 3. The van der Waals surface area contributed by atoms with Gasteiger partial charge < -0.3 is 5.32 Å². The van der Waals surface area contributed by atoms with Crippen LogP contribution in [-0.4, -0.2) is 31.1 Å². The Labute approximate surface area is 130 Å². The van der Waals surface area contributed by atoms with Gasteiger partial charge in [-0.15, -0.1) is 0 Å². The Morgan fingerprint density at radius 1 is 1.25 bits per heavy atom. The van der Waals surface area contributed by atoms with Gasteiger partial charge in [0.2, 0.25) is 0 Å². The van der Waals surface area contributed by atoms with Crippen LogP contribution < -0.4 is 5.32 Å². The molecule has 5 heteroatoms. The maximum atomic E-state index is 13.7. The van der Waals surface area contributed by atoms with E-state index in [9.17, 15) is 4.39 Å². The summed E-state index contributed by atoms with van der Waals surface area (Å²) in [6.07, 6.45) is 0. The van der Waals surface area contributed by atoms with E-state index in [1.54, 1.807) is 23.5 Å². The number of hydrogen-bond donors (Lipinski definition) is 1. The smallest absolute Gasteiger partial charge is 0.123 e. The van der Waals surface area contributed by atoms with Gasteiger partial charge in [-0.2, -0.15) is 11.3 Å². The Balaban J connectivity index is 2.02. The number of nitrogens with zero attached hydrogens (tertiary/aromatic N) is 1. The van der Waals surface area contributed by atoms with Gasteiger partial charge in [0, 0.05) is 30.7 Å². The van der Waals surface area contributed by atoms with Crippen molar-refractivity contribution in [3.63, 3.8) is 0 Å². The molecule has 2 heterocycles. The molecule has 0 amide bonds. The average molecular weight is 355 g/mol. The van der Waals surface area contributed by atoms with E-state index in [0.717, 1.165) is 36.2 Å². The molecule has 2 aromatic rings. The van der Waals surface area contributed by atoms with Crippen LogP contribution >= 0.6 is 27.3 Å². The van der Waals surface area contributed by atoms with Gasteiger partial charge in [-0.25, -0.2) is 4.39 Å². The quantitative estimate of drug-likeness (QED) is 0.904. The molecular weight excluding hydrogens is 339 g/mol. The first-order valence-electron chi connectivity index (χ1n) is 6.67. The third kappa shape index (κ3) is 2.96. The molecule has 1 aromatic heterocycles. The summed E-state index contributed by atoms with van der Waals surface area (Å²) in [7, 11) is 0. The summed E-state index contributed by atoms with van der Waals surface area (Å²) in [5.41, 5.74) is 2.24. The summed E-state index contributed by atoms with van der Waals surface area (Å²) in [6, 6.07) is 7.19. The highest BCUT2D eigenvalue weighted by Gasteiger charge is 2.26. The van der Waals surface area contributed by atoms with E-state index in [0.29, 0.717) is 0 Å². The molecule has 1 aliphatic heterocycles. The van der Waals surface area contributed by atoms with Crippen LogP contribution in [-0.2, 0) is 0 Å². The summed E-state index contributed by atoms with van der Waals surface area (Å²) >= 11 is 5.26. The van der Waals surface area contributed by atoms with E-state index < -0.39 is 0 Å². The van der Waals surface area contributed by atoms with Crippen LogP contribution in [0.15, 0.2) is 39.5 Å². The molecular formula is C15H16BrFN2S. The van der Waals surface area contributed by atoms with Gasteiger partial charge in [-0.3, -0.25) is 4.90 Å². The zero-order chi connectivity index (χ0) is 13.9. The van der Waals surface area contributed by atoms with Crippen molar-refractivity contribution in [3.8, 4) is 0 Å². The second-order valence-corrected chi connectivity index (χ2v) is 6.55. The second-order valence-electron chi connectivity index (χ2n) is 4.91. The number of benzene rings is 1. The van der Waals surface area contributed by atoms with Gasteiger partial charge in [-0.05, 0) is 46.2 Å². The third-order valence-electron chi connectivity index (χ3n) is 3.63. The Morgan fingerprint density at radius 3 is 2.75 bits per heavy atom. The molecule has 20 heavy (non-hydrogen) atoms. The Hall–Kier alpha value is -0.750. The van der Waals surface area contributed by atoms with Crippen LogP contribution in [0.3, 0.4) is 0 Å². The molecule has 0 unspecified atom stereocenters. The van der Waals surface area contributed by atoms with E-state index in [2.05, 4.69) is 43.0 Å². The third-order valence-corrected chi connectivity index (χ3v) is 5.05. The molecule has 3 rings (SSSR count). The number of piperazine rings is 1. The van der Waals surface area contributed by atoms with Crippen LogP contribution in [0.2, 0.25) is 0 Å². The van der Waals surface area contributed by atoms with Gasteiger partial charge in [0.25, 0.3) is 0 Å². The van der Waals surface area contributed by atoms with Crippen molar-refractivity contribution in [2.24, 2.45) is 0 Å². The summed E-state index contributed by atoms with van der Waals surface area (Å²) in [6.45, 7) is 3.91. The van der Waals surface area contributed by atoms with Crippen LogP contribution in [0.1, 0.15) is 17.2 Å². The molecule has 2 nitrogen and oxygen atoms in total. The van der Waals surface area contributed by atoms with Gasteiger partial charge in [-0.1, -0.05) is 15.9 Å². The standard InChI is InChI=1S/C15H16BrFN2S/c16-14-2-1-12(17)9-13(14)15(11-3-8-20-10-11)19-6-4-18-5-7-19/h1-3,8-10,15,18H,4-7H2/t15-/m0/s1. The highest BCUT2D eigenvalue weighted by molar-refractivity contribution is 9.10. The summed E-state index contributed by atoms with van der Waals surface area (Å²) in [5.74, 6) is -0.182. The summed E-state index contributed by atoms with van der Waals surface area (Å²) in [4.78, 5) is 2.41. The summed E-state index contributed by atoms with van der Waals surface area (Å²) in [5, 5.41) is 7.61. The highest BCUT2D eigenvalue weighted by atomic mass is 79.9. The van der Waals surface area contributed by atoms with Crippen molar-refractivity contribution in [1.29, 1.82) is 0 Å². The van der Waals surface area contributed by atoms with E-state index >= 15 is 0 Å². The lowest BCUT2D eigenvalue weighted by Gasteiger charge is -2.35. The lowest BCUT2D eigenvalue weighted by molar-refractivity contribution is 0.198. The molecule has 0 radical (unpaired) electrons. The SMILES string of the molecule is Fc1ccc(Br)c([C@H](c2ccsc2)N2CCNCC2)c1. The predicted molar refractivity (Wildman–Crippen MR) is 84.7 cm³/mol. The van der Waals surface area contributed by atoms with Crippen LogP contribution in [0.5, 0.6) is 0 Å². The van der Waals surface area contributed by atoms with Gasteiger partial charge in [0.1, 0.15) is 5.82 Å². The van der Waals surface area contributed by atoms with Gasteiger partial charge >= 0.3 is 0 Å². The molecule has 0 bridgehead atoms. The number of hydrogen-bond acceptors (Lipinski definition) is 3. The topological polar surface area (TPSA) is 15.3 Å². The molecule has 0 saturated carbocycles. The average Bonchev–Trinajstić information content (AvgIpc) is 2.98. The van der Waals surface area contributed by atoms with Crippen molar-refractivity contribution in [2.75, 3.05) is 26.2 Å². The zero-order valence-electron chi connectivity index (χ0n) is 11.0. The first kappa shape index (κ1) is 14.2. The summed E-state index contributed by atoms with van der Waals surface area (Å²) < 4.78 is 14.6. The van der Waals surface area contributed by atoms with E-state index in [-0.39, 0.29) is 11.9 Å². The number of halogens is 2. The molecule has 1 aliphatic rings. The molecule has 1 saturated heterocycles. The molecule has 1 fully saturated rings. The molecule has 1 aromatic carbocycles. The minimum atomic E-state index is -0.182. The van der Waals surface area contributed by atoms with E-state index in [1.807, 2.05) is 0 Å². The molecule has 1 N–H and O–H groups in total. The molecule has 106 valence electrons. The maximum Gasteiger partial charge on any atom is 0.123 e. The Kier molecular flexibility index (Phi) is 4.51.